The van der Waals surface area contributed by atoms with Crippen molar-refractivity contribution >= 4 is 23.5 Å². The van der Waals surface area contributed by atoms with Crippen molar-refractivity contribution in [2.24, 2.45) is 0 Å². The highest BCUT2D eigenvalue weighted by Crippen LogP contribution is 2.34. The molecule has 0 bridgehead atoms. The molecule has 0 atom stereocenters. The highest BCUT2D eigenvalue weighted by molar-refractivity contribution is 6.34. The summed E-state index contributed by atoms with van der Waals surface area (Å²) in [5.41, 5.74) is 2.56. The van der Waals surface area contributed by atoms with E-state index in [1.54, 1.807) is 7.11 Å². The lowest BCUT2D eigenvalue weighted by Crippen LogP contribution is -2.57. The van der Waals surface area contributed by atoms with Gasteiger partial charge < -0.3 is 14.8 Å². The SMILES string of the molecule is COC(=O)C1(NC(=O)Cc2c(C)ccc(-c3ccccc3)c2Cl)CCC(OC)CC1. The van der Waals surface area contributed by atoms with Gasteiger partial charge in [-0.25, -0.2) is 4.79 Å². The van der Waals surface area contributed by atoms with Crippen molar-refractivity contribution in [1.82, 2.24) is 5.32 Å². The lowest BCUT2D eigenvalue weighted by atomic mass is 9.80. The molecule has 1 fully saturated rings. The summed E-state index contributed by atoms with van der Waals surface area (Å²) in [6.45, 7) is 1.93. The first kappa shape index (κ1) is 22.3. The van der Waals surface area contributed by atoms with Crippen LogP contribution in [0.2, 0.25) is 5.02 Å². The van der Waals surface area contributed by atoms with E-state index < -0.39 is 11.5 Å². The van der Waals surface area contributed by atoms with E-state index in [1.807, 2.05) is 49.4 Å². The Morgan fingerprint density at radius 2 is 1.77 bits per heavy atom. The summed E-state index contributed by atoms with van der Waals surface area (Å²) < 4.78 is 10.4. The molecule has 1 amide bonds. The number of benzene rings is 2. The minimum atomic E-state index is -1.02. The molecule has 30 heavy (non-hydrogen) atoms. The van der Waals surface area contributed by atoms with Crippen molar-refractivity contribution in [2.75, 3.05) is 14.2 Å². The van der Waals surface area contributed by atoms with Crippen LogP contribution in [0.3, 0.4) is 0 Å². The third kappa shape index (κ3) is 4.68. The summed E-state index contributed by atoms with van der Waals surface area (Å²) in [6, 6.07) is 13.8. The van der Waals surface area contributed by atoms with Crippen LogP contribution in [0.4, 0.5) is 0 Å². The Hall–Kier alpha value is -2.37. The minimum Gasteiger partial charge on any atom is -0.467 e. The summed E-state index contributed by atoms with van der Waals surface area (Å²) in [7, 11) is 3.02. The Bertz CT molecular complexity index is 905. The molecule has 160 valence electrons. The number of carbonyl (C=O) groups excluding carboxylic acids is 2. The van der Waals surface area contributed by atoms with Crippen LogP contribution in [0.25, 0.3) is 11.1 Å². The molecule has 0 radical (unpaired) electrons. The molecule has 1 N–H and O–H groups in total. The first-order valence-corrected chi connectivity index (χ1v) is 10.5. The van der Waals surface area contributed by atoms with Crippen LogP contribution in [0.15, 0.2) is 42.5 Å². The van der Waals surface area contributed by atoms with Gasteiger partial charge in [0.15, 0.2) is 0 Å². The molecule has 1 aliphatic carbocycles. The molecular formula is C24H28ClNO4. The van der Waals surface area contributed by atoms with E-state index in [0.29, 0.717) is 30.7 Å². The maximum Gasteiger partial charge on any atom is 0.331 e. The molecule has 2 aromatic carbocycles. The standard InChI is InChI=1S/C24H28ClNO4/c1-16-9-10-19(17-7-5-4-6-8-17)22(25)20(16)15-21(27)26-24(23(28)30-3)13-11-18(29-2)12-14-24/h4-10,18H,11-15H2,1-3H3,(H,26,27). The first-order chi connectivity index (χ1) is 14.4. The number of hydrogen-bond acceptors (Lipinski definition) is 4. The van der Waals surface area contributed by atoms with E-state index in [4.69, 9.17) is 21.1 Å². The highest BCUT2D eigenvalue weighted by atomic mass is 35.5. The van der Waals surface area contributed by atoms with E-state index in [1.165, 1.54) is 7.11 Å². The third-order valence-electron chi connectivity index (χ3n) is 5.97. The van der Waals surface area contributed by atoms with Crippen molar-refractivity contribution < 1.29 is 19.1 Å². The zero-order valence-electron chi connectivity index (χ0n) is 17.7. The predicted octanol–water partition coefficient (Wildman–Crippen LogP) is 4.47. The molecule has 3 rings (SSSR count). The molecule has 0 aliphatic heterocycles. The highest BCUT2D eigenvalue weighted by Gasteiger charge is 2.44. The average Bonchev–Trinajstić information content (AvgIpc) is 2.77. The Morgan fingerprint density at radius 1 is 1.10 bits per heavy atom. The van der Waals surface area contributed by atoms with E-state index >= 15 is 0 Å². The van der Waals surface area contributed by atoms with Crippen molar-refractivity contribution in [3.63, 3.8) is 0 Å². The van der Waals surface area contributed by atoms with Gasteiger partial charge in [0.05, 0.1) is 24.7 Å². The van der Waals surface area contributed by atoms with Gasteiger partial charge in [-0.1, -0.05) is 54.1 Å². The van der Waals surface area contributed by atoms with Crippen molar-refractivity contribution in [2.45, 2.75) is 50.7 Å². The Labute approximate surface area is 182 Å². The third-order valence-corrected chi connectivity index (χ3v) is 6.41. The monoisotopic (exact) mass is 429 g/mol. The molecule has 6 heteroatoms. The summed E-state index contributed by atoms with van der Waals surface area (Å²) in [5, 5.41) is 3.52. The van der Waals surface area contributed by atoms with Gasteiger partial charge in [-0.2, -0.15) is 0 Å². The Kier molecular flexibility index (Phi) is 7.16. The van der Waals surface area contributed by atoms with E-state index in [9.17, 15) is 9.59 Å². The maximum atomic E-state index is 13.0. The summed E-state index contributed by atoms with van der Waals surface area (Å²) in [4.78, 5) is 25.5. The number of aryl methyl sites for hydroxylation is 1. The summed E-state index contributed by atoms with van der Waals surface area (Å²) >= 11 is 6.71. The van der Waals surface area contributed by atoms with Gasteiger partial charge in [0.25, 0.3) is 0 Å². The van der Waals surface area contributed by atoms with Gasteiger partial charge in [-0.05, 0) is 49.3 Å². The molecule has 0 aromatic heterocycles. The smallest absolute Gasteiger partial charge is 0.331 e. The molecule has 1 saturated carbocycles. The van der Waals surface area contributed by atoms with Crippen LogP contribution < -0.4 is 5.32 Å². The normalized spacial score (nSPS) is 21.1. The van der Waals surface area contributed by atoms with E-state index in [-0.39, 0.29) is 18.4 Å². The van der Waals surface area contributed by atoms with Crippen molar-refractivity contribution in [3.8, 4) is 11.1 Å². The van der Waals surface area contributed by atoms with Gasteiger partial charge in [0, 0.05) is 12.7 Å². The zero-order valence-corrected chi connectivity index (χ0v) is 18.4. The van der Waals surface area contributed by atoms with Crippen LogP contribution in [0.5, 0.6) is 0 Å². The zero-order chi connectivity index (χ0) is 21.7. The molecule has 0 saturated heterocycles. The summed E-state index contributed by atoms with van der Waals surface area (Å²) in [6.07, 6.45) is 2.54. The number of esters is 1. The molecule has 2 aromatic rings. The second-order valence-corrected chi connectivity index (χ2v) is 8.20. The fourth-order valence-corrected chi connectivity index (χ4v) is 4.53. The van der Waals surface area contributed by atoms with Gasteiger partial charge >= 0.3 is 5.97 Å². The van der Waals surface area contributed by atoms with Gasteiger partial charge in [0.2, 0.25) is 5.91 Å². The number of amides is 1. The fourth-order valence-electron chi connectivity index (χ4n) is 4.14. The van der Waals surface area contributed by atoms with Gasteiger partial charge in [-0.15, -0.1) is 0 Å². The van der Waals surface area contributed by atoms with Crippen molar-refractivity contribution in [3.05, 3.63) is 58.6 Å². The number of nitrogens with one attached hydrogen (secondary N) is 1. The number of hydrogen-bond donors (Lipinski definition) is 1. The quantitative estimate of drug-likeness (QED) is 0.688. The lowest BCUT2D eigenvalue weighted by Gasteiger charge is -2.38. The number of methoxy groups -OCH3 is 2. The number of ether oxygens (including phenoxy) is 2. The van der Waals surface area contributed by atoms with Crippen LogP contribution in [0.1, 0.15) is 36.8 Å². The second kappa shape index (κ2) is 9.63. The average molecular weight is 430 g/mol. The lowest BCUT2D eigenvalue weighted by molar-refractivity contribution is -0.153. The molecule has 1 aliphatic rings. The molecule has 0 spiro atoms. The van der Waals surface area contributed by atoms with Crippen LogP contribution in [-0.2, 0) is 25.5 Å². The molecular weight excluding hydrogens is 402 g/mol. The minimum absolute atomic E-state index is 0.0950. The largest absolute Gasteiger partial charge is 0.467 e. The van der Waals surface area contributed by atoms with E-state index in [0.717, 1.165) is 22.3 Å². The molecule has 5 nitrogen and oxygen atoms in total. The Balaban J connectivity index is 1.82. The first-order valence-electron chi connectivity index (χ1n) is 10.2. The topological polar surface area (TPSA) is 64.6 Å². The van der Waals surface area contributed by atoms with Crippen LogP contribution in [0, 0.1) is 6.92 Å². The van der Waals surface area contributed by atoms with E-state index in [2.05, 4.69) is 5.32 Å². The maximum absolute atomic E-state index is 13.0. The van der Waals surface area contributed by atoms with Crippen LogP contribution >= 0.6 is 11.6 Å². The summed E-state index contributed by atoms with van der Waals surface area (Å²) in [5.74, 6) is -0.655. The second-order valence-electron chi connectivity index (χ2n) is 7.82. The van der Waals surface area contributed by atoms with Crippen molar-refractivity contribution in [1.29, 1.82) is 0 Å². The van der Waals surface area contributed by atoms with Crippen LogP contribution in [-0.4, -0.2) is 37.7 Å². The number of rotatable bonds is 6. The van der Waals surface area contributed by atoms with Gasteiger partial charge in [-0.3, -0.25) is 4.79 Å². The Morgan fingerprint density at radius 3 is 2.37 bits per heavy atom. The molecule has 0 unspecified atom stereocenters. The predicted molar refractivity (Wildman–Crippen MR) is 117 cm³/mol. The number of halogens is 1. The molecule has 0 heterocycles. The van der Waals surface area contributed by atoms with Gasteiger partial charge in [0.1, 0.15) is 5.54 Å². The number of carbonyl (C=O) groups is 2. The fraction of sp³-hybridized carbons (Fsp3) is 0.417.